The van der Waals surface area contributed by atoms with Gasteiger partial charge in [-0.15, -0.1) is 0 Å². The summed E-state index contributed by atoms with van der Waals surface area (Å²) >= 11 is 0. The van der Waals surface area contributed by atoms with Gasteiger partial charge in [0.2, 0.25) is 5.91 Å². The molecule has 0 aromatic heterocycles. The van der Waals surface area contributed by atoms with E-state index < -0.39 is 12.2 Å². The molecule has 25 heavy (non-hydrogen) atoms. The first-order valence-corrected chi connectivity index (χ1v) is 8.95. The summed E-state index contributed by atoms with van der Waals surface area (Å²) in [6.07, 6.45) is 1.08. The molecule has 1 heterocycles. The van der Waals surface area contributed by atoms with E-state index in [9.17, 15) is 9.90 Å². The Morgan fingerprint density at radius 3 is 2.36 bits per heavy atom. The fraction of sp³-hybridized carbons (Fsp3) is 0.381. The van der Waals surface area contributed by atoms with E-state index in [0.717, 1.165) is 24.1 Å². The molecule has 1 amide bonds. The minimum Gasteiger partial charge on any atom is -0.486 e. The second kappa shape index (κ2) is 8.17. The average molecular weight is 339 g/mol. The Morgan fingerprint density at radius 1 is 1.08 bits per heavy atom. The lowest BCUT2D eigenvalue weighted by atomic mass is 10.1. The number of benzene rings is 2. The highest BCUT2D eigenvalue weighted by molar-refractivity contribution is 5.78. The number of carbonyl (C=O) groups is 1. The smallest absolute Gasteiger partial charge is 0.222 e. The highest BCUT2D eigenvalue weighted by Gasteiger charge is 2.28. The molecule has 0 bridgehead atoms. The van der Waals surface area contributed by atoms with Crippen molar-refractivity contribution >= 4 is 5.91 Å². The van der Waals surface area contributed by atoms with Gasteiger partial charge in [0.15, 0.2) is 0 Å². The number of ether oxygens (including phenoxy) is 1. The number of aliphatic hydroxyl groups is 1. The van der Waals surface area contributed by atoms with Crippen molar-refractivity contribution in [2.75, 3.05) is 13.1 Å². The SMILES string of the molecule is CCC(O)C(CN1CCCC1=O)Oc1ccc(-c2ccccc2)cc1. The lowest BCUT2D eigenvalue weighted by Crippen LogP contribution is -2.43. The van der Waals surface area contributed by atoms with Gasteiger partial charge in [0.1, 0.15) is 11.9 Å². The molecule has 132 valence electrons. The zero-order chi connectivity index (χ0) is 17.6. The summed E-state index contributed by atoms with van der Waals surface area (Å²) in [6, 6.07) is 18.0. The van der Waals surface area contributed by atoms with Gasteiger partial charge in [-0.3, -0.25) is 4.79 Å². The van der Waals surface area contributed by atoms with Crippen molar-refractivity contribution in [3.05, 3.63) is 54.6 Å². The molecule has 0 radical (unpaired) electrons. The first kappa shape index (κ1) is 17.5. The quantitative estimate of drug-likeness (QED) is 0.840. The molecule has 4 heteroatoms. The molecule has 2 atom stereocenters. The Balaban J connectivity index is 1.69. The molecule has 0 aliphatic carbocycles. The number of carbonyl (C=O) groups excluding carboxylic acids is 1. The number of likely N-dealkylation sites (tertiary alicyclic amines) is 1. The maximum absolute atomic E-state index is 11.9. The number of amides is 1. The van der Waals surface area contributed by atoms with Crippen molar-refractivity contribution in [2.24, 2.45) is 0 Å². The predicted octanol–water partition coefficient (Wildman–Crippen LogP) is 3.49. The maximum atomic E-state index is 11.9. The van der Waals surface area contributed by atoms with Gasteiger partial charge in [0.05, 0.1) is 12.6 Å². The van der Waals surface area contributed by atoms with Gasteiger partial charge in [-0.25, -0.2) is 0 Å². The van der Waals surface area contributed by atoms with E-state index in [1.165, 1.54) is 0 Å². The Hall–Kier alpha value is -2.33. The van der Waals surface area contributed by atoms with Crippen LogP contribution in [0.25, 0.3) is 11.1 Å². The molecule has 1 fully saturated rings. The van der Waals surface area contributed by atoms with Crippen molar-refractivity contribution in [2.45, 2.75) is 38.4 Å². The second-order valence-electron chi connectivity index (χ2n) is 6.47. The molecule has 2 aromatic carbocycles. The summed E-state index contributed by atoms with van der Waals surface area (Å²) in [4.78, 5) is 13.7. The Morgan fingerprint density at radius 2 is 1.76 bits per heavy atom. The van der Waals surface area contributed by atoms with Crippen molar-refractivity contribution < 1.29 is 14.6 Å². The zero-order valence-electron chi connectivity index (χ0n) is 14.6. The molecule has 1 aliphatic rings. The van der Waals surface area contributed by atoms with Crippen LogP contribution in [0.2, 0.25) is 0 Å². The van der Waals surface area contributed by atoms with E-state index in [-0.39, 0.29) is 5.91 Å². The number of hydrogen-bond donors (Lipinski definition) is 1. The zero-order valence-corrected chi connectivity index (χ0v) is 14.6. The van der Waals surface area contributed by atoms with E-state index in [2.05, 4.69) is 12.1 Å². The molecule has 1 N–H and O–H groups in total. The first-order valence-electron chi connectivity index (χ1n) is 8.95. The monoisotopic (exact) mass is 339 g/mol. The number of rotatable bonds is 7. The topological polar surface area (TPSA) is 49.8 Å². The largest absolute Gasteiger partial charge is 0.486 e. The van der Waals surface area contributed by atoms with Crippen LogP contribution >= 0.6 is 0 Å². The number of aliphatic hydroxyl groups excluding tert-OH is 1. The summed E-state index contributed by atoms with van der Waals surface area (Å²) in [5.41, 5.74) is 2.28. The molecule has 3 rings (SSSR count). The van der Waals surface area contributed by atoms with Crippen LogP contribution in [0.3, 0.4) is 0 Å². The average Bonchev–Trinajstić information content (AvgIpc) is 3.06. The van der Waals surface area contributed by atoms with Crippen LogP contribution in [0.4, 0.5) is 0 Å². The molecule has 0 spiro atoms. The van der Waals surface area contributed by atoms with Crippen LogP contribution in [0, 0.1) is 0 Å². The van der Waals surface area contributed by atoms with Crippen LogP contribution < -0.4 is 4.74 Å². The predicted molar refractivity (Wildman–Crippen MR) is 98.4 cm³/mol. The minimum atomic E-state index is -0.595. The summed E-state index contributed by atoms with van der Waals surface area (Å²) < 4.78 is 6.02. The molecular formula is C21H25NO3. The Bertz CT molecular complexity index is 684. The second-order valence-corrected chi connectivity index (χ2v) is 6.47. The van der Waals surface area contributed by atoms with Gasteiger partial charge in [-0.05, 0) is 36.1 Å². The van der Waals surface area contributed by atoms with Gasteiger partial charge in [0.25, 0.3) is 0 Å². The highest BCUT2D eigenvalue weighted by Crippen LogP contribution is 2.24. The Kier molecular flexibility index (Phi) is 5.71. The summed E-state index contributed by atoms with van der Waals surface area (Å²) in [5, 5.41) is 10.3. The van der Waals surface area contributed by atoms with Crippen LogP contribution in [-0.4, -0.2) is 41.2 Å². The van der Waals surface area contributed by atoms with E-state index in [4.69, 9.17) is 4.74 Å². The molecule has 1 aliphatic heterocycles. The van der Waals surface area contributed by atoms with E-state index >= 15 is 0 Å². The number of hydrogen-bond acceptors (Lipinski definition) is 3. The first-order chi connectivity index (χ1) is 12.2. The third kappa shape index (κ3) is 4.40. The van der Waals surface area contributed by atoms with Gasteiger partial charge in [-0.2, -0.15) is 0 Å². The number of nitrogens with zero attached hydrogens (tertiary/aromatic N) is 1. The summed E-state index contributed by atoms with van der Waals surface area (Å²) in [7, 11) is 0. The normalized spacial score (nSPS) is 16.7. The third-order valence-electron chi connectivity index (χ3n) is 4.67. The van der Waals surface area contributed by atoms with Crippen LogP contribution in [0.5, 0.6) is 5.75 Å². The van der Waals surface area contributed by atoms with Crippen LogP contribution in [0.1, 0.15) is 26.2 Å². The van der Waals surface area contributed by atoms with Crippen LogP contribution in [-0.2, 0) is 4.79 Å². The minimum absolute atomic E-state index is 0.149. The standard InChI is InChI=1S/C21H25NO3/c1-2-19(23)20(15-22-14-6-9-21(22)24)25-18-12-10-17(11-13-18)16-7-4-3-5-8-16/h3-5,7-8,10-13,19-20,23H,2,6,9,14-15H2,1H3. The highest BCUT2D eigenvalue weighted by atomic mass is 16.5. The maximum Gasteiger partial charge on any atom is 0.222 e. The van der Waals surface area contributed by atoms with E-state index in [1.54, 1.807) is 4.90 Å². The van der Waals surface area contributed by atoms with Crippen molar-refractivity contribution in [3.63, 3.8) is 0 Å². The lowest BCUT2D eigenvalue weighted by Gasteiger charge is -2.28. The fourth-order valence-electron chi connectivity index (χ4n) is 3.15. The van der Waals surface area contributed by atoms with Gasteiger partial charge in [0, 0.05) is 13.0 Å². The Labute approximate surface area is 149 Å². The van der Waals surface area contributed by atoms with Crippen LogP contribution in [0.15, 0.2) is 54.6 Å². The summed E-state index contributed by atoms with van der Waals surface area (Å²) in [6.45, 7) is 3.11. The molecule has 2 unspecified atom stereocenters. The van der Waals surface area contributed by atoms with Crippen molar-refractivity contribution in [1.82, 2.24) is 4.90 Å². The third-order valence-corrected chi connectivity index (χ3v) is 4.67. The van der Waals surface area contributed by atoms with E-state index in [1.807, 2.05) is 49.4 Å². The van der Waals surface area contributed by atoms with Crippen molar-refractivity contribution in [3.8, 4) is 16.9 Å². The van der Waals surface area contributed by atoms with E-state index in [0.29, 0.717) is 25.1 Å². The molecule has 4 nitrogen and oxygen atoms in total. The summed E-state index contributed by atoms with van der Waals surface area (Å²) in [5.74, 6) is 0.861. The molecule has 2 aromatic rings. The molecule has 1 saturated heterocycles. The van der Waals surface area contributed by atoms with Crippen molar-refractivity contribution in [1.29, 1.82) is 0 Å². The molecule has 0 saturated carbocycles. The van der Waals surface area contributed by atoms with Gasteiger partial charge in [-0.1, -0.05) is 49.4 Å². The fourth-order valence-corrected chi connectivity index (χ4v) is 3.15. The van der Waals surface area contributed by atoms with Gasteiger partial charge >= 0.3 is 0 Å². The molecular weight excluding hydrogens is 314 g/mol. The van der Waals surface area contributed by atoms with Gasteiger partial charge < -0.3 is 14.7 Å². The lowest BCUT2D eigenvalue weighted by molar-refractivity contribution is -0.129.